The first kappa shape index (κ1) is 12.2. The molecule has 3 heteroatoms. The molecule has 0 spiro atoms. The number of nitrogens with zero attached hydrogens (tertiary/aromatic N) is 2. The van der Waals surface area contributed by atoms with Gasteiger partial charge in [-0.15, -0.1) is 0 Å². The molecule has 1 aromatic heterocycles. The van der Waals surface area contributed by atoms with Crippen molar-refractivity contribution in [1.82, 2.24) is 9.88 Å². The Bertz CT molecular complexity index is 613. The molecular weight excluding hydrogens is 248 g/mol. The van der Waals surface area contributed by atoms with E-state index in [9.17, 15) is 0 Å². The number of piperidine rings is 1. The number of rotatable bonds is 2. The number of aromatic nitrogens is 1. The topological polar surface area (TPSA) is 25.4 Å². The zero-order valence-electron chi connectivity index (χ0n) is 11.8. The van der Waals surface area contributed by atoms with E-state index in [1.165, 1.54) is 18.2 Å². The molecule has 2 saturated heterocycles. The van der Waals surface area contributed by atoms with Crippen LogP contribution >= 0.6 is 0 Å². The van der Waals surface area contributed by atoms with Crippen LogP contribution in [-0.4, -0.2) is 35.1 Å². The molecule has 2 aromatic rings. The molecule has 2 aliphatic heterocycles. The van der Waals surface area contributed by atoms with E-state index in [-0.39, 0.29) is 0 Å². The lowest BCUT2D eigenvalue weighted by Gasteiger charge is -2.36. The van der Waals surface area contributed by atoms with Gasteiger partial charge < -0.3 is 9.64 Å². The molecule has 0 N–H and O–H groups in total. The quantitative estimate of drug-likeness (QED) is 0.836. The van der Waals surface area contributed by atoms with Gasteiger partial charge in [0, 0.05) is 23.5 Å². The van der Waals surface area contributed by atoms with Crippen LogP contribution in [0, 0.1) is 0 Å². The summed E-state index contributed by atoms with van der Waals surface area (Å²) < 4.78 is 6.15. The minimum absolute atomic E-state index is 0.331. The maximum atomic E-state index is 6.15. The highest BCUT2D eigenvalue weighted by molar-refractivity contribution is 5.78. The zero-order chi connectivity index (χ0) is 13.5. The van der Waals surface area contributed by atoms with Crippen molar-refractivity contribution < 1.29 is 4.74 Å². The lowest BCUT2D eigenvalue weighted by molar-refractivity contribution is 0.0635. The van der Waals surface area contributed by atoms with Crippen molar-refractivity contribution in [3.05, 3.63) is 36.4 Å². The van der Waals surface area contributed by atoms with E-state index in [1.54, 1.807) is 0 Å². The monoisotopic (exact) mass is 268 g/mol. The maximum absolute atomic E-state index is 6.15. The van der Waals surface area contributed by atoms with E-state index in [0.29, 0.717) is 18.2 Å². The standard InChI is InChI=1S/C17H20N2O/c1-19-13-7-8-14(19)11-15(10-13)20-17-9-6-12-4-2-3-5-16(12)18-17/h2-6,9,13-15H,7-8,10-11H2,1H3/t13-,14+,15-. The van der Waals surface area contributed by atoms with Gasteiger partial charge in [0.15, 0.2) is 0 Å². The number of hydrogen-bond acceptors (Lipinski definition) is 3. The van der Waals surface area contributed by atoms with Crippen LogP contribution in [0.5, 0.6) is 5.88 Å². The molecule has 3 heterocycles. The van der Waals surface area contributed by atoms with Gasteiger partial charge in [0.2, 0.25) is 5.88 Å². The number of hydrogen-bond donors (Lipinski definition) is 0. The molecule has 4 rings (SSSR count). The Balaban J connectivity index is 1.53. The summed E-state index contributed by atoms with van der Waals surface area (Å²) >= 11 is 0. The highest BCUT2D eigenvalue weighted by Gasteiger charge is 2.39. The summed E-state index contributed by atoms with van der Waals surface area (Å²) in [5, 5.41) is 1.17. The van der Waals surface area contributed by atoms with Crippen LogP contribution < -0.4 is 4.74 Å². The second-order valence-corrected chi connectivity index (χ2v) is 6.10. The van der Waals surface area contributed by atoms with Crippen molar-refractivity contribution >= 4 is 10.9 Å². The van der Waals surface area contributed by atoms with Crippen LogP contribution in [-0.2, 0) is 0 Å². The van der Waals surface area contributed by atoms with Crippen LogP contribution in [0.25, 0.3) is 10.9 Å². The molecule has 20 heavy (non-hydrogen) atoms. The Morgan fingerprint density at radius 3 is 2.60 bits per heavy atom. The molecule has 0 amide bonds. The number of benzene rings is 1. The summed E-state index contributed by atoms with van der Waals surface area (Å²) in [6, 6.07) is 13.7. The second-order valence-electron chi connectivity index (χ2n) is 6.10. The van der Waals surface area contributed by atoms with Crippen LogP contribution in [0.2, 0.25) is 0 Å². The number of para-hydroxylation sites is 1. The average molecular weight is 268 g/mol. The van der Waals surface area contributed by atoms with Gasteiger partial charge in [-0.3, -0.25) is 0 Å². The zero-order valence-corrected chi connectivity index (χ0v) is 11.8. The molecule has 3 nitrogen and oxygen atoms in total. The second kappa shape index (κ2) is 4.74. The normalized spacial score (nSPS) is 29.8. The Morgan fingerprint density at radius 1 is 1.05 bits per heavy atom. The molecule has 0 aliphatic carbocycles. The van der Waals surface area contributed by atoms with Crippen molar-refractivity contribution in [2.45, 2.75) is 43.9 Å². The smallest absolute Gasteiger partial charge is 0.214 e. The molecule has 104 valence electrons. The molecule has 0 unspecified atom stereocenters. The fourth-order valence-electron chi connectivity index (χ4n) is 3.74. The third-order valence-electron chi connectivity index (χ3n) is 4.92. The summed E-state index contributed by atoms with van der Waals surface area (Å²) in [5.41, 5.74) is 1.01. The maximum Gasteiger partial charge on any atom is 0.214 e. The van der Waals surface area contributed by atoms with E-state index >= 15 is 0 Å². The third kappa shape index (κ3) is 2.06. The summed E-state index contributed by atoms with van der Waals surface area (Å²) in [4.78, 5) is 7.16. The van der Waals surface area contributed by atoms with Crippen LogP contribution in [0.3, 0.4) is 0 Å². The van der Waals surface area contributed by atoms with Gasteiger partial charge in [0.05, 0.1) is 5.52 Å². The van der Waals surface area contributed by atoms with Crippen molar-refractivity contribution in [2.24, 2.45) is 0 Å². The van der Waals surface area contributed by atoms with Crippen LogP contribution in [0.1, 0.15) is 25.7 Å². The van der Waals surface area contributed by atoms with Crippen molar-refractivity contribution in [1.29, 1.82) is 0 Å². The minimum Gasteiger partial charge on any atom is -0.474 e. The number of ether oxygens (including phenoxy) is 1. The number of fused-ring (bicyclic) bond motifs is 3. The van der Waals surface area contributed by atoms with Gasteiger partial charge in [0.1, 0.15) is 6.10 Å². The van der Waals surface area contributed by atoms with E-state index in [4.69, 9.17) is 4.74 Å². The lowest BCUT2D eigenvalue weighted by atomic mass is 10.0. The largest absolute Gasteiger partial charge is 0.474 e. The van der Waals surface area contributed by atoms with Gasteiger partial charge >= 0.3 is 0 Å². The van der Waals surface area contributed by atoms with Gasteiger partial charge in [0.25, 0.3) is 0 Å². The molecule has 2 fully saturated rings. The van der Waals surface area contributed by atoms with Crippen molar-refractivity contribution in [2.75, 3.05) is 7.05 Å². The molecule has 0 radical (unpaired) electrons. The average Bonchev–Trinajstić information content (AvgIpc) is 2.70. The minimum atomic E-state index is 0.331. The first-order chi connectivity index (χ1) is 9.79. The Morgan fingerprint density at radius 2 is 1.80 bits per heavy atom. The van der Waals surface area contributed by atoms with E-state index in [2.05, 4.69) is 29.1 Å². The molecule has 2 bridgehead atoms. The van der Waals surface area contributed by atoms with Gasteiger partial charge in [-0.05, 0) is 44.9 Å². The fourth-order valence-corrected chi connectivity index (χ4v) is 3.74. The summed E-state index contributed by atoms with van der Waals surface area (Å²) in [6.45, 7) is 0. The van der Waals surface area contributed by atoms with E-state index in [1.807, 2.05) is 24.3 Å². The van der Waals surface area contributed by atoms with Crippen LogP contribution in [0.4, 0.5) is 0 Å². The number of pyridine rings is 1. The van der Waals surface area contributed by atoms with Crippen molar-refractivity contribution in [3.63, 3.8) is 0 Å². The Hall–Kier alpha value is -1.61. The van der Waals surface area contributed by atoms with Crippen LogP contribution in [0.15, 0.2) is 36.4 Å². The Kier molecular flexibility index (Phi) is 2.88. The Labute approximate surface area is 119 Å². The SMILES string of the molecule is CN1[C@@H]2CC[C@H]1C[C@H](Oc1ccc3ccccc3n1)C2. The predicted molar refractivity (Wildman–Crippen MR) is 80.0 cm³/mol. The summed E-state index contributed by atoms with van der Waals surface area (Å²) in [7, 11) is 2.26. The highest BCUT2D eigenvalue weighted by atomic mass is 16.5. The van der Waals surface area contributed by atoms with E-state index in [0.717, 1.165) is 24.2 Å². The fraction of sp³-hybridized carbons (Fsp3) is 0.471. The molecular formula is C17H20N2O. The van der Waals surface area contributed by atoms with E-state index < -0.39 is 0 Å². The first-order valence-electron chi connectivity index (χ1n) is 7.54. The molecule has 2 aliphatic rings. The summed E-state index contributed by atoms with van der Waals surface area (Å²) in [5.74, 6) is 0.776. The molecule has 1 aromatic carbocycles. The summed E-state index contributed by atoms with van der Waals surface area (Å²) in [6.07, 6.45) is 5.26. The van der Waals surface area contributed by atoms with Gasteiger partial charge in [-0.2, -0.15) is 0 Å². The highest BCUT2D eigenvalue weighted by Crippen LogP contribution is 2.35. The van der Waals surface area contributed by atoms with Gasteiger partial charge in [-0.25, -0.2) is 4.98 Å². The predicted octanol–water partition coefficient (Wildman–Crippen LogP) is 3.24. The molecule has 0 saturated carbocycles. The lowest BCUT2D eigenvalue weighted by Crippen LogP contribution is -2.43. The third-order valence-corrected chi connectivity index (χ3v) is 4.92. The van der Waals surface area contributed by atoms with Crippen molar-refractivity contribution in [3.8, 4) is 5.88 Å². The van der Waals surface area contributed by atoms with Gasteiger partial charge in [-0.1, -0.05) is 18.2 Å². The molecule has 3 atom stereocenters. The first-order valence-corrected chi connectivity index (χ1v) is 7.54.